The predicted octanol–water partition coefficient (Wildman–Crippen LogP) is 2.46. The quantitative estimate of drug-likeness (QED) is 0.283. The number of aliphatic imine (C=N–C) groups is 1. The van der Waals surface area contributed by atoms with Gasteiger partial charge in [-0.15, -0.1) is 24.0 Å². The summed E-state index contributed by atoms with van der Waals surface area (Å²) < 4.78 is 12.4. The van der Waals surface area contributed by atoms with Crippen molar-refractivity contribution in [2.75, 3.05) is 27.3 Å². The van der Waals surface area contributed by atoms with Crippen LogP contribution in [0.3, 0.4) is 0 Å². The molecule has 0 aliphatic heterocycles. The fraction of sp³-hybridized carbons (Fsp3) is 0.500. The maximum Gasteiger partial charge on any atom is 0.191 e. The molecule has 1 heterocycles. The Morgan fingerprint density at radius 3 is 2.28 bits per heavy atom. The molecule has 9 heteroatoms. The second-order valence-electron chi connectivity index (χ2n) is 6.51. The Bertz CT molecular complexity index is 800. The van der Waals surface area contributed by atoms with Gasteiger partial charge in [0.2, 0.25) is 0 Å². The first kappa shape index (κ1) is 25.0. The average molecular weight is 517 g/mol. The van der Waals surface area contributed by atoms with Crippen molar-refractivity contribution >= 4 is 29.9 Å². The van der Waals surface area contributed by atoms with Crippen LogP contribution in [0.25, 0.3) is 0 Å². The number of guanidine groups is 1. The molecule has 0 radical (unpaired) electrons. The van der Waals surface area contributed by atoms with Crippen molar-refractivity contribution in [1.82, 2.24) is 20.4 Å². The maximum atomic E-state index is 10.6. The number of nitrogens with one attached hydrogen (secondary N) is 2. The number of methoxy groups -OCH3 is 2. The van der Waals surface area contributed by atoms with Gasteiger partial charge in [-0.2, -0.15) is 5.10 Å². The average Bonchev–Trinajstić information content (AvgIpc) is 2.94. The van der Waals surface area contributed by atoms with Crippen LogP contribution < -0.4 is 20.1 Å². The summed E-state index contributed by atoms with van der Waals surface area (Å²) >= 11 is 0. The van der Waals surface area contributed by atoms with Gasteiger partial charge in [-0.3, -0.25) is 4.68 Å². The Balaban J connectivity index is 0.00000420. The molecule has 1 atom stereocenters. The summed E-state index contributed by atoms with van der Waals surface area (Å²) in [4.78, 5) is 4.63. The molecule has 0 saturated heterocycles. The van der Waals surface area contributed by atoms with Gasteiger partial charge < -0.3 is 25.2 Å². The van der Waals surface area contributed by atoms with Crippen LogP contribution in [-0.2, 0) is 13.6 Å². The summed E-state index contributed by atoms with van der Waals surface area (Å²) in [5.74, 6) is 1.91. The molecule has 0 aliphatic rings. The van der Waals surface area contributed by atoms with E-state index in [2.05, 4.69) is 20.7 Å². The van der Waals surface area contributed by atoms with Crippen LogP contribution in [0.2, 0.25) is 0 Å². The number of halogens is 1. The Morgan fingerprint density at radius 1 is 1.17 bits per heavy atom. The summed E-state index contributed by atoms with van der Waals surface area (Å²) in [6, 6.07) is 5.36. The SMILES string of the molecule is CCNC(=NCc1c(C)nn(C)c1C)NCC(O)c1cc(OC)cc(OC)c1.I. The van der Waals surface area contributed by atoms with E-state index in [-0.39, 0.29) is 24.0 Å². The molecule has 0 amide bonds. The van der Waals surface area contributed by atoms with Crippen LogP contribution in [0.1, 0.15) is 35.5 Å². The third kappa shape index (κ3) is 6.77. The molecule has 162 valence electrons. The number of aliphatic hydroxyl groups is 1. The minimum atomic E-state index is -0.741. The molecule has 2 aromatic rings. The molecule has 1 aromatic heterocycles. The highest BCUT2D eigenvalue weighted by atomic mass is 127. The van der Waals surface area contributed by atoms with Crippen LogP contribution in [0, 0.1) is 13.8 Å². The lowest BCUT2D eigenvalue weighted by Gasteiger charge is -2.17. The smallest absolute Gasteiger partial charge is 0.191 e. The number of nitrogens with zero attached hydrogens (tertiary/aromatic N) is 3. The number of benzene rings is 1. The highest BCUT2D eigenvalue weighted by Crippen LogP contribution is 2.26. The lowest BCUT2D eigenvalue weighted by molar-refractivity contribution is 0.180. The lowest BCUT2D eigenvalue weighted by atomic mass is 10.1. The first-order valence-electron chi connectivity index (χ1n) is 9.31. The molecular formula is C20H32IN5O3. The molecule has 0 aliphatic carbocycles. The zero-order chi connectivity index (χ0) is 20.7. The fourth-order valence-electron chi connectivity index (χ4n) is 2.88. The van der Waals surface area contributed by atoms with Crippen molar-refractivity contribution in [3.8, 4) is 11.5 Å². The van der Waals surface area contributed by atoms with Crippen LogP contribution >= 0.6 is 24.0 Å². The summed E-state index contributed by atoms with van der Waals surface area (Å²) in [7, 11) is 5.10. The largest absolute Gasteiger partial charge is 0.497 e. The number of aromatic nitrogens is 2. The van der Waals surface area contributed by atoms with Gasteiger partial charge in [0.1, 0.15) is 11.5 Å². The van der Waals surface area contributed by atoms with E-state index in [4.69, 9.17) is 9.47 Å². The van der Waals surface area contributed by atoms with Gasteiger partial charge in [-0.05, 0) is 38.5 Å². The molecule has 29 heavy (non-hydrogen) atoms. The van der Waals surface area contributed by atoms with Crippen LogP contribution in [0.4, 0.5) is 0 Å². The third-order valence-corrected chi connectivity index (χ3v) is 4.62. The van der Waals surface area contributed by atoms with Gasteiger partial charge in [0.15, 0.2) is 5.96 Å². The van der Waals surface area contributed by atoms with Crippen LogP contribution in [-0.4, -0.2) is 48.2 Å². The Hall–Kier alpha value is -2.01. The molecule has 2 rings (SSSR count). The van der Waals surface area contributed by atoms with E-state index in [0.717, 1.165) is 23.5 Å². The van der Waals surface area contributed by atoms with Gasteiger partial charge in [0.05, 0.1) is 32.6 Å². The van der Waals surface area contributed by atoms with Gasteiger partial charge in [-0.1, -0.05) is 0 Å². The standard InChI is InChI=1S/C20H31N5O3.HI/c1-7-21-20(22-11-18-13(2)24-25(4)14(18)3)23-12-19(26)15-8-16(27-5)10-17(9-15)28-6;/h8-10,19,26H,7,11-12H2,1-6H3,(H2,21,22,23);1H. The number of rotatable bonds is 8. The molecule has 0 spiro atoms. The summed E-state index contributed by atoms with van der Waals surface area (Å²) in [6.45, 7) is 7.56. The number of ether oxygens (including phenoxy) is 2. The molecule has 1 aromatic carbocycles. The molecule has 3 N–H and O–H groups in total. The van der Waals surface area contributed by atoms with Crippen molar-refractivity contribution in [2.24, 2.45) is 12.0 Å². The van der Waals surface area contributed by atoms with Gasteiger partial charge in [0.25, 0.3) is 0 Å². The van der Waals surface area contributed by atoms with Crippen molar-refractivity contribution in [3.63, 3.8) is 0 Å². The molecule has 8 nitrogen and oxygen atoms in total. The topological polar surface area (TPSA) is 92.9 Å². The van der Waals surface area contributed by atoms with E-state index < -0.39 is 6.10 Å². The molecule has 0 saturated carbocycles. The summed E-state index contributed by atoms with van der Waals surface area (Å²) in [5, 5.41) is 21.4. The van der Waals surface area contributed by atoms with Crippen molar-refractivity contribution in [2.45, 2.75) is 33.4 Å². The minimum absolute atomic E-state index is 0. The molecular weight excluding hydrogens is 485 g/mol. The highest BCUT2D eigenvalue weighted by molar-refractivity contribution is 14.0. The first-order chi connectivity index (χ1) is 13.4. The Labute approximate surface area is 189 Å². The summed E-state index contributed by atoms with van der Waals surface area (Å²) in [5.41, 5.74) is 3.89. The highest BCUT2D eigenvalue weighted by Gasteiger charge is 2.13. The fourth-order valence-corrected chi connectivity index (χ4v) is 2.88. The van der Waals surface area contributed by atoms with E-state index in [9.17, 15) is 5.11 Å². The number of hydrogen-bond donors (Lipinski definition) is 3. The van der Waals surface area contributed by atoms with E-state index in [1.54, 1.807) is 32.4 Å². The van der Waals surface area contributed by atoms with Crippen LogP contribution in [0.15, 0.2) is 23.2 Å². The normalized spacial score (nSPS) is 12.2. The zero-order valence-electron chi connectivity index (χ0n) is 17.9. The second-order valence-corrected chi connectivity index (χ2v) is 6.51. The van der Waals surface area contributed by atoms with E-state index >= 15 is 0 Å². The third-order valence-electron chi connectivity index (χ3n) is 4.62. The second kappa shape index (κ2) is 11.9. The van der Waals surface area contributed by atoms with Crippen molar-refractivity contribution in [3.05, 3.63) is 40.7 Å². The maximum absolute atomic E-state index is 10.6. The number of hydrogen-bond acceptors (Lipinski definition) is 5. The first-order valence-corrected chi connectivity index (χ1v) is 9.31. The van der Waals surface area contributed by atoms with Crippen molar-refractivity contribution < 1.29 is 14.6 Å². The Kier molecular flexibility index (Phi) is 10.2. The monoisotopic (exact) mass is 517 g/mol. The van der Waals surface area contributed by atoms with E-state index in [0.29, 0.717) is 36.1 Å². The summed E-state index contributed by atoms with van der Waals surface area (Å²) in [6.07, 6.45) is -0.741. The lowest BCUT2D eigenvalue weighted by Crippen LogP contribution is -2.39. The van der Waals surface area contributed by atoms with Gasteiger partial charge in [0, 0.05) is 37.5 Å². The van der Waals surface area contributed by atoms with Gasteiger partial charge in [-0.25, -0.2) is 4.99 Å². The number of aryl methyl sites for hydroxylation is 2. The molecule has 1 unspecified atom stereocenters. The minimum Gasteiger partial charge on any atom is -0.497 e. The van der Waals surface area contributed by atoms with Crippen molar-refractivity contribution in [1.29, 1.82) is 0 Å². The van der Waals surface area contributed by atoms with Gasteiger partial charge >= 0.3 is 0 Å². The zero-order valence-corrected chi connectivity index (χ0v) is 20.3. The Morgan fingerprint density at radius 2 is 1.79 bits per heavy atom. The van der Waals surface area contributed by atoms with E-state index in [1.807, 2.05) is 32.5 Å². The van der Waals surface area contributed by atoms with Crippen LogP contribution in [0.5, 0.6) is 11.5 Å². The molecule has 0 fully saturated rings. The van der Waals surface area contributed by atoms with E-state index in [1.165, 1.54) is 0 Å². The predicted molar refractivity (Wildman–Crippen MR) is 125 cm³/mol. The molecule has 0 bridgehead atoms. The number of aliphatic hydroxyl groups excluding tert-OH is 1.